The lowest BCUT2D eigenvalue weighted by Gasteiger charge is -2.26. The van der Waals surface area contributed by atoms with Crippen molar-refractivity contribution in [3.63, 3.8) is 0 Å². The second kappa shape index (κ2) is 4.67. The number of nitrogens with one attached hydrogen (secondary N) is 1. The van der Waals surface area contributed by atoms with E-state index in [0.717, 1.165) is 24.4 Å². The molecule has 2 aromatic carbocycles. The minimum atomic E-state index is -0.258. The number of benzene rings is 2. The van der Waals surface area contributed by atoms with E-state index in [2.05, 4.69) is 34.6 Å². The number of aromatic nitrogens is 2. The molecule has 2 heterocycles. The minimum absolute atomic E-state index is 0.159. The van der Waals surface area contributed by atoms with Gasteiger partial charge in [0.05, 0.1) is 11.4 Å². The summed E-state index contributed by atoms with van der Waals surface area (Å²) in [5, 5.41) is 3.43. The Morgan fingerprint density at radius 2 is 2.05 bits per heavy atom. The number of halogens is 1. The fraction of sp³-hybridized carbons (Fsp3) is 0.235. The highest BCUT2D eigenvalue weighted by Gasteiger charge is 2.26. The Kier molecular flexibility index (Phi) is 2.79. The predicted octanol–water partition coefficient (Wildman–Crippen LogP) is 2.95. The summed E-state index contributed by atoms with van der Waals surface area (Å²) in [5.74, 6) is 0.813. The quantitative estimate of drug-likeness (QED) is 0.743. The van der Waals surface area contributed by atoms with Crippen molar-refractivity contribution in [2.24, 2.45) is 7.05 Å². The van der Waals surface area contributed by atoms with Gasteiger partial charge in [0.1, 0.15) is 11.3 Å². The first-order valence-corrected chi connectivity index (χ1v) is 7.15. The maximum atomic E-state index is 14.0. The molecule has 21 heavy (non-hydrogen) atoms. The lowest BCUT2D eigenvalue weighted by molar-refractivity contribution is 0.561. The van der Waals surface area contributed by atoms with Crippen molar-refractivity contribution in [3.05, 3.63) is 65.2 Å². The third-order valence-corrected chi connectivity index (χ3v) is 4.30. The first-order valence-electron chi connectivity index (χ1n) is 7.15. The van der Waals surface area contributed by atoms with Crippen molar-refractivity contribution in [1.29, 1.82) is 0 Å². The van der Waals surface area contributed by atoms with Gasteiger partial charge in [-0.25, -0.2) is 9.37 Å². The van der Waals surface area contributed by atoms with Crippen molar-refractivity contribution in [2.45, 2.75) is 12.5 Å². The molecule has 0 saturated heterocycles. The van der Waals surface area contributed by atoms with Crippen LogP contribution in [0.3, 0.4) is 0 Å². The van der Waals surface area contributed by atoms with Gasteiger partial charge in [0.15, 0.2) is 5.82 Å². The molecule has 3 nitrogen and oxygen atoms in total. The van der Waals surface area contributed by atoms with Crippen LogP contribution < -0.4 is 5.32 Å². The molecule has 0 aliphatic carbocycles. The van der Waals surface area contributed by atoms with Crippen LogP contribution in [0.2, 0.25) is 0 Å². The van der Waals surface area contributed by atoms with Crippen LogP contribution in [0.1, 0.15) is 22.9 Å². The lowest BCUT2D eigenvalue weighted by Crippen LogP contribution is -2.30. The van der Waals surface area contributed by atoms with Crippen LogP contribution >= 0.6 is 0 Å². The average molecular weight is 281 g/mol. The Balaban J connectivity index is 1.92. The Hall–Kier alpha value is -2.20. The highest BCUT2D eigenvalue weighted by atomic mass is 19.1. The Bertz CT molecular complexity index is 822. The molecule has 0 saturated carbocycles. The molecule has 4 rings (SSSR count). The highest BCUT2D eigenvalue weighted by molar-refractivity contribution is 5.76. The molecule has 3 aromatic rings. The predicted molar refractivity (Wildman–Crippen MR) is 80.7 cm³/mol. The van der Waals surface area contributed by atoms with Crippen LogP contribution in [0, 0.1) is 5.82 Å². The van der Waals surface area contributed by atoms with Gasteiger partial charge in [0.2, 0.25) is 0 Å². The minimum Gasteiger partial charge on any atom is -0.330 e. The van der Waals surface area contributed by atoms with E-state index in [4.69, 9.17) is 0 Å². The fourth-order valence-electron chi connectivity index (χ4n) is 3.24. The maximum Gasteiger partial charge on any atom is 0.151 e. The van der Waals surface area contributed by atoms with Crippen LogP contribution in [0.5, 0.6) is 0 Å². The zero-order chi connectivity index (χ0) is 14.4. The zero-order valence-corrected chi connectivity index (χ0v) is 11.8. The number of imidazole rings is 1. The summed E-state index contributed by atoms with van der Waals surface area (Å²) >= 11 is 0. The molecule has 1 unspecified atom stereocenters. The molecule has 1 aliphatic rings. The number of aryl methyl sites for hydroxylation is 1. The molecule has 1 aromatic heterocycles. The van der Waals surface area contributed by atoms with Gasteiger partial charge >= 0.3 is 0 Å². The smallest absolute Gasteiger partial charge is 0.151 e. The van der Waals surface area contributed by atoms with Gasteiger partial charge in [-0.3, -0.25) is 0 Å². The monoisotopic (exact) mass is 281 g/mol. The zero-order valence-electron chi connectivity index (χ0n) is 11.8. The van der Waals surface area contributed by atoms with Crippen molar-refractivity contribution in [1.82, 2.24) is 14.9 Å². The van der Waals surface area contributed by atoms with Gasteiger partial charge in [-0.1, -0.05) is 30.3 Å². The molecule has 0 spiro atoms. The Morgan fingerprint density at radius 1 is 1.19 bits per heavy atom. The molecule has 4 heteroatoms. The first kappa shape index (κ1) is 12.5. The summed E-state index contributed by atoms with van der Waals surface area (Å²) in [6.07, 6.45) is 0. The number of hydrogen-bond donors (Lipinski definition) is 1. The number of para-hydroxylation sites is 1. The Labute approximate surface area is 122 Å². The summed E-state index contributed by atoms with van der Waals surface area (Å²) in [7, 11) is 1.96. The van der Waals surface area contributed by atoms with Gasteiger partial charge in [0, 0.05) is 20.1 Å². The second-order valence-electron chi connectivity index (χ2n) is 5.52. The van der Waals surface area contributed by atoms with Crippen LogP contribution in [0.4, 0.5) is 4.39 Å². The molecule has 1 N–H and O–H groups in total. The summed E-state index contributed by atoms with van der Waals surface area (Å²) in [5.41, 5.74) is 3.88. The maximum absolute atomic E-state index is 14.0. The third-order valence-electron chi connectivity index (χ3n) is 4.30. The number of hydrogen-bond acceptors (Lipinski definition) is 2. The number of rotatable bonds is 1. The first-order chi connectivity index (χ1) is 10.3. The number of nitrogens with zero attached hydrogens (tertiary/aromatic N) is 2. The van der Waals surface area contributed by atoms with E-state index in [-0.39, 0.29) is 11.7 Å². The van der Waals surface area contributed by atoms with Crippen LogP contribution in [0.25, 0.3) is 11.0 Å². The van der Waals surface area contributed by atoms with Crippen LogP contribution in [-0.4, -0.2) is 16.1 Å². The van der Waals surface area contributed by atoms with E-state index in [9.17, 15) is 4.39 Å². The van der Waals surface area contributed by atoms with Crippen molar-refractivity contribution in [2.75, 3.05) is 6.54 Å². The Morgan fingerprint density at radius 3 is 2.90 bits per heavy atom. The van der Waals surface area contributed by atoms with E-state index in [0.29, 0.717) is 5.52 Å². The molecule has 0 radical (unpaired) electrons. The molecule has 1 atom stereocenters. The normalized spacial score (nSPS) is 17.9. The van der Waals surface area contributed by atoms with E-state index in [1.807, 2.05) is 17.7 Å². The largest absolute Gasteiger partial charge is 0.330 e. The van der Waals surface area contributed by atoms with Gasteiger partial charge in [-0.15, -0.1) is 0 Å². The average Bonchev–Trinajstić information content (AvgIpc) is 2.85. The summed E-state index contributed by atoms with van der Waals surface area (Å²) in [4.78, 5) is 4.58. The lowest BCUT2D eigenvalue weighted by atomic mass is 9.90. The van der Waals surface area contributed by atoms with E-state index >= 15 is 0 Å². The molecule has 0 amide bonds. The van der Waals surface area contributed by atoms with Gasteiger partial charge in [-0.05, 0) is 23.3 Å². The van der Waals surface area contributed by atoms with Crippen LogP contribution in [0.15, 0.2) is 42.5 Å². The number of fused-ring (bicyclic) bond motifs is 2. The molecule has 0 bridgehead atoms. The summed E-state index contributed by atoms with van der Waals surface area (Å²) in [6.45, 7) is 1.71. The molecule has 1 aliphatic heterocycles. The molecule has 0 fully saturated rings. The SMILES string of the molecule is Cn1c(C2CNCc3ccccc32)nc2c(F)cccc21. The molecular formula is C17H16FN3. The third kappa shape index (κ3) is 1.87. The fourth-order valence-corrected chi connectivity index (χ4v) is 3.24. The second-order valence-corrected chi connectivity index (χ2v) is 5.52. The van der Waals surface area contributed by atoms with Crippen molar-refractivity contribution < 1.29 is 4.39 Å². The molecular weight excluding hydrogens is 265 g/mol. The van der Waals surface area contributed by atoms with Crippen molar-refractivity contribution >= 4 is 11.0 Å². The summed E-state index contributed by atoms with van der Waals surface area (Å²) < 4.78 is 16.0. The highest BCUT2D eigenvalue weighted by Crippen LogP contribution is 2.31. The van der Waals surface area contributed by atoms with E-state index in [1.165, 1.54) is 17.2 Å². The van der Waals surface area contributed by atoms with Gasteiger partial charge < -0.3 is 9.88 Å². The van der Waals surface area contributed by atoms with E-state index < -0.39 is 0 Å². The summed E-state index contributed by atoms with van der Waals surface area (Å²) in [6, 6.07) is 13.5. The van der Waals surface area contributed by atoms with Crippen molar-refractivity contribution in [3.8, 4) is 0 Å². The van der Waals surface area contributed by atoms with Gasteiger partial charge in [0.25, 0.3) is 0 Å². The van der Waals surface area contributed by atoms with Crippen LogP contribution in [-0.2, 0) is 13.6 Å². The topological polar surface area (TPSA) is 29.9 Å². The van der Waals surface area contributed by atoms with E-state index in [1.54, 1.807) is 6.07 Å². The van der Waals surface area contributed by atoms with Gasteiger partial charge in [-0.2, -0.15) is 0 Å². The molecule has 106 valence electrons. The standard InChI is InChI=1S/C17H16FN3/c1-21-15-8-4-7-14(18)16(15)20-17(21)13-10-19-9-11-5-2-3-6-12(11)13/h2-8,13,19H,9-10H2,1H3.